The zero-order chi connectivity index (χ0) is 22.1. The lowest BCUT2D eigenvalue weighted by atomic mass is 9.86. The number of rotatable bonds is 4. The molecule has 1 aromatic heterocycles. The predicted octanol–water partition coefficient (Wildman–Crippen LogP) is 5.60. The molecule has 6 nitrogen and oxygen atoms in total. The van der Waals surface area contributed by atoms with Crippen LogP contribution in [0.2, 0.25) is 5.02 Å². The van der Waals surface area contributed by atoms with Gasteiger partial charge in [-0.2, -0.15) is 0 Å². The van der Waals surface area contributed by atoms with E-state index in [0.29, 0.717) is 18.1 Å². The molecule has 5 rings (SSSR count). The van der Waals surface area contributed by atoms with Gasteiger partial charge in [0.1, 0.15) is 6.10 Å². The molecule has 3 aliphatic rings. The second-order valence-corrected chi connectivity index (χ2v) is 10.2. The number of halogens is 1. The summed E-state index contributed by atoms with van der Waals surface area (Å²) in [5.74, 6) is -0.538. The lowest BCUT2D eigenvalue weighted by Gasteiger charge is -2.45. The van der Waals surface area contributed by atoms with Crippen molar-refractivity contribution in [3.63, 3.8) is 0 Å². The Morgan fingerprint density at radius 1 is 0.938 bits per heavy atom. The maximum Gasteiger partial charge on any atom is 0.202 e. The van der Waals surface area contributed by atoms with E-state index in [2.05, 4.69) is 34.7 Å². The minimum atomic E-state index is -0.538. The van der Waals surface area contributed by atoms with Gasteiger partial charge in [-0.1, -0.05) is 11.6 Å². The van der Waals surface area contributed by atoms with Crippen molar-refractivity contribution in [2.24, 2.45) is 0 Å². The summed E-state index contributed by atoms with van der Waals surface area (Å²) >= 11 is 6.13. The van der Waals surface area contributed by atoms with Crippen LogP contribution in [0, 0.1) is 0 Å². The normalized spacial score (nSPS) is 35.8. The molecule has 174 valence electrons. The highest BCUT2D eigenvalue weighted by molar-refractivity contribution is 6.31. The van der Waals surface area contributed by atoms with Gasteiger partial charge in [-0.15, -0.1) is 0 Å². The number of anilines is 1. The topological polar surface area (TPSA) is 64.6 Å². The highest BCUT2D eigenvalue weighted by Gasteiger charge is 2.44. The van der Waals surface area contributed by atoms with Crippen molar-refractivity contribution in [1.82, 2.24) is 10.3 Å². The highest BCUT2D eigenvalue weighted by atomic mass is 35.5. The Balaban J connectivity index is 1.09. The summed E-state index contributed by atoms with van der Waals surface area (Å²) in [7, 11) is 0. The molecule has 2 aliphatic carbocycles. The molecule has 2 saturated carbocycles. The van der Waals surface area contributed by atoms with Gasteiger partial charge in [-0.3, -0.25) is 4.98 Å². The van der Waals surface area contributed by atoms with Crippen LogP contribution in [0.25, 0.3) is 10.9 Å². The summed E-state index contributed by atoms with van der Waals surface area (Å²) in [5, 5.41) is 9.53. The molecule has 2 aromatic rings. The Bertz CT molecular complexity index is 926. The van der Waals surface area contributed by atoms with Gasteiger partial charge in [0.05, 0.1) is 11.6 Å². The van der Waals surface area contributed by atoms with Crippen molar-refractivity contribution >= 4 is 28.2 Å². The minimum Gasteiger partial charge on any atom is -0.382 e. The number of pyridine rings is 1. The van der Waals surface area contributed by atoms with Crippen LogP contribution in [-0.4, -0.2) is 41.1 Å². The maximum absolute atomic E-state index is 6.18. The lowest BCUT2D eigenvalue weighted by Crippen LogP contribution is -2.53. The van der Waals surface area contributed by atoms with Crippen LogP contribution < -0.4 is 10.6 Å². The van der Waals surface area contributed by atoms with Crippen LogP contribution >= 0.6 is 11.6 Å². The van der Waals surface area contributed by atoms with Crippen LogP contribution in [0.3, 0.4) is 0 Å². The average molecular weight is 460 g/mol. The van der Waals surface area contributed by atoms with Gasteiger partial charge < -0.3 is 15.4 Å². The molecule has 2 unspecified atom stereocenters. The van der Waals surface area contributed by atoms with E-state index in [0.717, 1.165) is 47.3 Å². The Morgan fingerprint density at radius 2 is 1.66 bits per heavy atom. The largest absolute Gasteiger partial charge is 0.382 e. The number of ether oxygens (including phenoxy) is 1. The fourth-order valence-electron chi connectivity index (χ4n) is 5.33. The van der Waals surface area contributed by atoms with E-state index < -0.39 is 5.79 Å². The third-order valence-corrected chi connectivity index (χ3v) is 7.66. The number of fused-ring (bicyclic) bond motifs is 1. The van der Waals surface area contributed by atoms with E-state index in [4.69, 9.17) is 26.1 Å². The van der Waals surface area contributed by atoms with Gasteiger partial charge in [-0.25, -0.2) is 9.78 Å². The van der Waals surface area contributed by atoms with Crippen molar-refractivity contribution in [2.45, 2.75) is 101 Å². The Kier molecular flexibility index (Phi) is 6.59. The molecule has 1 spiro atoms. The molecule has 1 saturated heterocycles. The zero-order valence-electron chi connectivity index (χ0n) is 19.0. The van der Waals surface area contributed by atoms with Gasteiger partial charge in [-0.05, 0) is 76.6 Å². The summed E-state index contributed by atoms with van der Waals surface area (Å²) in [4.78, 5) is 15.6. The van der Waals surface area contributed by atoms with Crippen LogP contribution in [0.15, 0.2) is 30.5 Å². The molecule has 1 aliphatic heterocycles. The summed E-state index contributed by atoms with van der Waals surface area (Å²) in [6.07, 6.45) is 10.5. The van der Waals surface area contributed by atoms with E-state index in [1.54, 1.807) is 0 Å². The highest BCUT2D eigenvalue weighted by Crippen LogP contribution is 2.38. The lowest BCUT2D eigenvalue weighted by molar-refractivity contribution is -0.503. The summed E-state index contributed by atoms with van der Waals surface area (Å²) in [6.45, 7) is 4.05. The van der Waals surface area contributed by atoms with E-state index in [-0.39, 0.29) is 12.2 Å². The number of benzene rings is 1. The van der Waals surface area contributed by atoms with Gasteiger partial charge in [0, 0.05) is 53.3 Å². The van der Waals surface area contributed by atoms with Gasteiger partial charge in [0.25, 0.3) is 0 Å². The van der Waals surface area contributed by atoms with E-state index in [1.165, 1.54) is 25.7 Å². The molecule has 2 atom stereocenters. The molecule has 0 amide bonds. The van der Waals surface area contributed by atoms with Crippen molar-refractivity contribution in [3.05, 3.63) is 35.5 Å². The molecular formula is C25H34ClN3O3. The first-order valence-electron chi connectivity index (χ1n) is 12.1. The first kappa shape index (κ1) is 22.4. The summed E-state index contributed by atoms with van der Waals surface area (Å²) in [6, 6.07) is 9.60. The van der Waals surface area contributed by atoms with Crippen LogP contribution in [0.4, 0.5) is 5.69 Å². The fraction of sp³-hybridized carbons (Fsp3) is 0.640. The Morgan fingerprint density at radius 3 is 2.41 bits per heavy atom. The SMILES string of the molecule is CC1OOC2(CCC(N[C@H]3CC[C@H](Nc4ccnc5cc(Cl)ccc45)CC3)CC2)OC1C. The molecule has 2 N–H and O–H groups in total. The van der Waals surface area contributed by atoms with Gasteiger partial charge in [0.15, 0.2) is 0 Å². The minimum absolute atomic E-state index is 0.0109. The Labute approximate surface area is 195 Å². The predicted molar refractivity (Wildman–Crippen MR) is 127 cm³/mol. The average Bonchev–Trinajstić information content (AvgIpc) is 2.79. The Hall–Kier alpha value is -1.44. The second kappa shape index (κ2) is 9.43. The molecule has 3 fully saturated rings. The van der Waals surface area contributed by atoms with Crippen molar-refractivity contribution in [1.29, 1.82) is 0 Å². The number of nitrogens with one attached hydrogen (secondary N) is 2. The summed E-state index contributed by atoms with van der Waals surface area (Å²) in [5.41, 5.74) is 2.09. The molecule has 2 heterocycles. The smallest absolute Gasteiger partial charge is 0.202 e. The molecule has 1 aromatic carbocycles. The maximum atomic E-state index is 6.18. The molecule has 0 bridgehead atoms. The van der Waals surface area contributed by atoms with Crippen molar-refractivity contribution in [2.75, 3.05) is 5.32 Å². The molecular weight excluding hydrogens is 426 g/mol. The number of hydrogen-bond donors (Lipinski definition) is 2. The van der Waals surface area contributed by atoms with E-state index in [1.807, 2.05) is 25.3 Å². The van der Waals surface area contributed by atoms with Crippen LogP contribution in [-0.2, 0) is 14.5 Å². The van der Waals surface area contributed by atoms with Crippen LogP contribution in [0.5, 0.6) is 0 Å². The zero-order valence-corrected chi connectivity index (χ0v) is 19.7. The number of aromatic nitrogens is 1. The summed E-state index contributed by atoms with van der Waals surface area (Å²) < 4.78 is 6.18. The first-order valence-corrected chi connectivity index (χ1v) is 12.5. The standard InChI is InChI=1S/C25H34ClN3O3/c1-16-17(2)31-32-25(30-16)12-9-21(10-13-25)28-19-4-6-20(7-5-19)29-23-11-14-27-24-15-18(26)3-8-22(23)24/h3,8,11,14-17,19-21,28H,4-7,9-10,12-13H2,1-2H3,(H,27,29)/t16?,17?,19-,20-,21?,25?. The number of nitrogens with zero attached hydrogens (tertiary/aromatic N) is 1. The number of hydrogen-bond acceptors (Lipinski definition) is 6. The molecule has 32 heavy (non-hydrogen) atoms. The van der Waals surface area contributed by atoms with Gasteiger partial charge in [0.2, 0.25) is 5.79 Å². The van der Waals surface area contributed by atoms with Gasteiger partial charge >= 0.3 is 0 Å². The monoisotopic (exact) mass is 459 g/mol. The fourth-order valence-corrected chi connectivity index (χ4v) is 5.49. The van der Waals surface area contributed by atoms with Crippen LogP contribution in [0.1, 0.15) is 65.2 Å². The third kappa shape index (κ3) is 4.90. The molecule has 0 radical (unpaired) electrons. The second-order valence-electron chi connectivity index (χ2n) is 9.77. The quantitative estimate of drug-likeness (QED) is 0.580. The first-order chi connectivity index (χ1) is 15.5. The third-order valence-electron chi connectivity index (χ3n) is 7.42. The molecule has 7 heteroatoms. The van der Waals surface area contributed by atoms with E-state index >= 15 is 0 Å². The van der Waals surface area contributed by atoms with Crippen molar-refractivity contribution in [3.8, 4) is 0 Å². The van der Waals surface area contributed by atoms with E-state index in [9.17, 15) is 0 Å². The van der Waals surface area contributed by atoms with Crippen molar-refractivity contribution < 1.29 is 14.5 Å².